The van der Waals surface area contributed by atoms with E-state index >= 15 is 0 Å². The summed E-state index contributed by atoms with van der Waals surface area (Å²) in [6, 6.07) is 1.61. The number of amides is 1. The fourth-order valence-electron chi connectivity index (χ4n) is 2.65. The highest BCUT2D eigenvalue weighted by Gasteiger charge is 2.32. The van der Waals surface area contributed by atoms with E-state index in [0.717, 1.165) is 0 Å². The molecule has 0 aromatic carbocycles. The zero-order valence-electron chi connectivity index (χ0n) is 13.6. The van der Waals surface area contributed by atoms with Gasteiger partial charge in [0.25, 0.3) is 0 Å². The lowest BCUT2D eigenvalue weighted by molar-refractivity contribution is 0.00701. The maximum absolute atomic E-state index is 13.9. The zero-order chi connectivity index (χ0) is 17.2. The zero-order valence-corrected chi connectivity index (χ0v) is 15.1. The largest absolute Gasteiger partial charge is 0.444 e. The minimum absolute atomic E-state index is 0.122. The van der Waals surface area contributed by atoms with Gasteiger partial charge < -0.3 is 14.7 Å². The van der Waals surface area contributed by atoms with Crippen LogP contribution >= 0.6 is 15.9 Å². The van der Waals surface area contributed by atoms with Crippen molar-refractivity contribution in [1.82, 2.24) is 9.88 Å². The summed E-state index contributed by atoms with van der Waals surface area (Å²) in [4.78, 5) is 17.3. The van der Waals surface area contributed by atoms with Crippen molar-refractivity contribution in [3.05, 3.63) is 28.2 Å². The molecule has 1 saturated heterocycles. The summed E-state index contributed by atoms with van der Waals surface area (Å²) in [6.07, 6.45) is 1.22. The van der Waals surface area contributed by atoms with Gasteiger partial charge in [-0.25, -0.2) is 9.78 Å². The molecule has 0 saturated carbocycles. The molecule has 1 atom stereocenters. The Morgan fingerprint density at radius 2 is 2.09 bits per heavy atom. The van der Waals surface area contributed by atoms with E-state index < -0.39 is 17.7 Å². The molecule has 1 aromatic heterocycles. The van der Waals surface area contributed by atoms with Crippen molar-refractivity contribution in [2.75, 3.05) is 13.1 Å². The van der Waals surface area contributed by atoms with Gasteiger partial charge in [-0.05, 0) is 45.6 Å². The number of hydrogen-bond acceptors (Lipinski definition) is 4. The molecular weight excluding hydrogens is 367 g/mol. The summed E-state index contributed by atoms with van der Waals surface area (Å²) in [5.41, 5.74) is -0.347. The Bertz CT molecular complexity index is 549. The summed E-state index contributed by atoms with van der Waals surface area (Å²) in [5.74, 6) is -0.787. The Labute approximate surface area is 144 Å². The number of nitrogens with zero attached hydrogens (tertiary/aromatic N) is 2. The standard InChI is InChI=1S/C16H22BrFN2O3/c1-16(2,3)23-15(22)20-8-5-10(6-9-20)13(21)12-11(17)4-7-19-14(12)18/h4,7,10,13,21H,5-6,8-9H2,1-3H3. The summed E-state index contributed by atoms with van der Waals surface area (Å²) >= 11 is 3.26. The number of aliphatic hydroxyl groups is 1. The summed E-state index contributed by atoms with van der Waals surface area (Å²) in [6.45, 7) is 6.44. The van der Waals surface area contributed by atoms with Crippen molar-refractivity contribution in [3.63, 3.8) is 0 Å². The second-order valence-corrected chi connectivity index (χ2v) is 7.60. The Morgan fingerprint density at radius 1 is 1.48 bits per heavy atom. The van der Waals surface area contributed by atoms with Crippen molar-refractivity contribution < 1.29 is 19.0 Å². The summed E-state index contributed by atoms with van der Waals surface area (Å²) in [7, 11) is 0. The highest BCUT2D eigenvalue weighted by atomic mass is 79.9. The molecule has 1 aromatic rings. The minimum Gasteiger partial charge on any atom is -0.444 e. The van der Waals surface area contributed by atoms with Crippen LogP contribution in [0.25, 0.3) is 0 Å². The second-order valence-electron chi connectivity index (χ2n) is 6.75. The molecule has 5 nitrogen and oxygen atoms in total. The molecule has 1 unspecified atom stereocenters. The van der Waals surface area contributed by atoms with Gasteiger partial charge in [-0.15, -0.1) is 0 Å². The molecule has 128 valence electrons. The van der Waals surface area contributed by atoms with Crippen molar-refractivity contribution in [1.29, 1.82) is 0 Å². The van der Waals surface area contributed by atoms with Gasteiger partial charge in [0.2, 0.25) is 5.95 Å². The van der Waals surface area contributed by atoms with Crippen LogP contribution in [0.3, 0.4) is 0 Å². The first-order valence-electron chi connectivity index (χ1n) is 7.65. The van der Waals surface area contributed by atoms with Gasteiger partial charge in [-0.3, -0.25) is 0 Å². The molecular formula is C16H22BrFN2O3. The normalized spacial score (nSPS) is 17.9. The summed E-state index contributed by atoms with van der Waals surface area (Å²) in [5, 5.41) is 10.5. The second kappa shape index (κ2) is 7.13. The lowest BCUT2D eigenvalue weighted by atomic mass is 9.88. The molecule has 1 fully saturated rings. The van der Waals surface area contributed by atoms with Crippen molar-refractivity contribution in [2.24, 2.45) is 5.92 Å². The number of halogens is 2. The van der Waals surface area contributed by atoms with E-state index in [1.54, 1.807) is 11.0 Å². The smallest absolute Gasteiger partial charge is 0.410 e. The average molecular weight is 389 g/mol. The number of rotatable bonds is 2. The van der Waals surface area contributed by atoms with Crippen molar-refractivity contribution in [2.45, 2.75) is 45.3 Å². The SMILES string of the molecule is CC(C)(C)OC(=O)N1CCC(C(O)c2c(Br)ccnc2F)CC1. The van der Waals surface area contributed by atoms with Gasteiger partial charge in [-0.1, -0.05) is 15.9 Å². The number of hydrogen-bond donors (Lipinski definition) is 1. The van der Waals surface area contributed by atoms with E-state index in [9.17, 15) is 14.3 Å². The number of piperidine rings is 1. The van der Waals surface area contributed by atoms with E-state index in [2.05, 4.69) is 20.9 Å². The van der Waals surface area contributed by atoms with Crippen molar-refractivity contribution >= 4 is 22.0 Å². The highest BCUT2D eigenvalue weighted by molar-refractivity contribution is 9.10. The van der Waals surface area contributed by atoms with E-state index in [1.807, 2.05) is 20.8 Å². The monoisotopic (exact) mass is 388 g/mol. The van der Waals surface area contributed by atoms with E-state index in [-0.39, 0.29) is 17.6 Å². The molecule has 1 aliphatic heterocycles. The fraction of sp³-hybridized carbons (Fsp3) is 0.625. The topological polar surface area (TPSA) is 62.7 Å². The number of ether oxygens (including phenoxy) is 1. The number of aromatic nitrogens is 1. The van der Waals surface area contributed by atoms with Gasteiger partial charge in [0.15, 0.2) is 0 Å². The maximum atomic E-state index is 13.9. The predicted molar refractivity (Wildman–Crippen MR) is 87.4 cm³/mol. The molecule has 0 bridgehead atoms. The lowest BCUT2D eigenvalue weighted by Gasteiger charge is -2.35. The first-order chi connectivity index (χ1) is 10.7. The molecule has 7 heteroatoms. The van der Waals surface area contributed by atoms with Gasteiger partial charge in [0, 0.05) is 23.8 Å². The fourth-order valence-corrected chi connectivity index (χ4v) is 3.17. The van der Waals surface area contributed by atoms with Crippen LogP contribution in [-0.2, 0) is 4.74 Å². The van der Waals surface area contributed by atoms with Gasteiger partial charge in [-0.2, -0.15) is 4.39 Å². The molecule has 0 aliphatic carbocycles. The molecule has 1 aliphatic rings. The number of carbonyl (C=O) groups excluding carboxylic acids is 1. The first-order valence-corrected chi connectivity index (χ1v) is 8.44. The number of likely N-dealkylation sites (tertiary alicyclic amines) is 1. The highest BCUT2D eigenvalue weighted by Crippen LogP contribution is 2.35. The van der Waals surface area contributed by atoms with E-state index in [4.69, 9.17) is 4.74 Å². The third-order valence-electron chi connectivity index (χ3n) is 3.82. The minimum atomic E-state index is -0.945. The third-order valence-corrected chi connectivity index (χ3v) is 4.51. The van der Waals surface area contributed by atoms with Crippen LogP contribution in [0.4, 0.5) is 9.18 Å². The molecule has 1 amide bonds. The van der Waals surface area contributed by atoms with Gasteiger partial charge >= 0.3 is 6.09 Å². The molecule has 2 heterocycles. The van der Waals surface area contributed by atoms with Crippen LogP contribution in [0, 0.1) is 11.9 Å². The molecule has 2 rings (SSSR count). The molecule has 0 radical (unpaired) electrons. The Morgan fingerprint density at radius 3 is 2.61 bits per heavy atom. The van der Waals surface area contributed by atoms with Crippen LogP contribution in [-0.4, -0.2) is 39.8 Å². The van der Waals surface area contributed by atoms with Crippen LogP contribution in [0.5, 0.6) is 0 Å². The maximum Gasteiger partial charge on any atom is 0.410 e. The van der Waals surface area contributed by atoms with Gasteiger partial charge in [0.1, 0.15) is 5.60 Å². The average Bonchev–Trinajstić information content (AvgIpc) is 2.45. The Balaban J connectivity index is 1.98. The number of carbonyl (C=O) groups is 1. The molecule has 23 heavy (non-hydrogen) atoms. The quantitative estimate of drug-likeness (QED) is 0.785. The third kappa shape index (κ3) is 4.64. The first kappa shape index (κ1) is 18.1. The number of aliphatic hydroxyl groups excluding tert-OH is 1. The Kier molecular flexibility index (Phi) is 5.62. The van der Waals surface area contributed by atoms with E-state index in [0.29, 0.717) is 30.4 Å². The summed E-state index contributed by atoms with van der Waals surface area (Å²) < 4.78 is 19.7. The van der Waals surface area contributed by atoms with Crippen LogP contribution in [0.1, 0.15) is 45.3 Å². The van der Waals surface area contributed by atoms with E-state index in [1.165, 1.54) is 6.20 Å². The van der Waals surface area contributed by atoms with Crippen molar-refractivity contribution in [3.8, 4) is 0 Å². The van der Waals surface area contributed by atoms with Crippen LogP contribution < -0.4 is 0 Å². The lowest BCUT2D eigenvalue weighted by Crippen LogP contribution is -2.42. The van der Waals surface area contributed by atoms with Crippen LogP contribution in [0.2, 0.25) is 0 Å². The number of pyridine rings is 1. The molecule has 0 spiro atoms. The Hall–Kier alpha value is -1.21. The van der Waals surface area contributed by atoms with Crippen LogP contribution in [0.15, 0.2) is 16.7 Å². The van der Waals surface area contributed by atoms with Gasteiger partial charge in [0.05, 0.1) is 11.7 Å². The predicted octanol–water partition coefficient (Wildman–Crippen LogP) is 3.66. The molecule has 1 N–H and O–H groups in total.